The lowest BCUT2D eigenvalue weighted by molar-refractivity contribution is -0.128. The molecule has 1 N–H and O–H groups in total. The van der Waals surface area contributed by atoms with E-state index in [-0.39, 0.29) is 30.9 Å². The number of anilines is 1. The number of rotatable bonds is 4. The van der Waals surface area contributed by atoms with E-state index in [1.807, 2.05) is 12.1 Å². The molecule has 134 valence electrons. The van der Waals surface area contributed by atoms with Gasteiger partial charge in [-0.15, -0.1) is 0 Å². The van der Waals surface area contributed by atoms with E-state index in [4.69, 9.17) is 21.1 Å². The summed E-state index contributed by atoms with van der Waals surface area (Å²) in [5.41, 5.74) is 1.61. The van der Waals surface area contributed by atoms with Crippen molar-refractivity contribution in [3.63, 3.8) is 0 Å². The molecule has 6 nitrogen and oxygen atoms in total. The Labute approximate surface area is 155 Å². The number of carbonyl (C=O) groups is 2. The lowest BCUT2D eigenvalue weighted by Gasteiger charge is -2.17. The first kappa shape index (κ1) is 16.7. The van der Waals surface area contributed by atoms with Crippen molar-refractivity contribution in [2.75, 3.05) is 18.7 Å². The number of halogens is 1. The number of likely N-dealkylation sites (tertiary alicyclic amines) is 1. The van der Waals surface area contributed by atoms with E-state index in [0.29, 0.717) is 35.3 Å². The Morgan fingerprint density at radius 3 is 2.73 bits per heavy atom. The molecule has 0 bridgehead atoms. The number of carbonyl (C=O) groups excluding carboxylic acids is 2. The smallest absolute Gasteiger partial charge is 0.231 e. The van der Waals surface area contributed by atoms with E-state index in [9.17, 15) is 9.59 Å². The molecule has 0 aromatic heterocycles. The van der Waals surface area contributed by atoms with Crippen molar-refractivity contribution in [1.82, 2.24) is 4.90 Å². The second-order valence-electron chi connectivity index (χ2n) is 6.36. The fourth-order valence-corrected chi connectivity index (χ4v) is 3.26. The fraction of sp³-hybridized carbons (Fsp3) is 0.263. The highest BCUT2D eigenvalue weighted by atomic mass is 35.5. The van der Waals surface area contributed by atoms with Crippen LogP contribution in [-0.2, 0) is 16.1 Å². The van der Waals surface area contributed by atoms with Crippen molar-refractivity contribution in [1.29, 1.82) is 0 Å². The number of amides is 2. The zero-order chi connectivity index (χ0) is 18.1. The molecule has 2 amide bonds. The molecular formula is C19H17ClN2O4. The second kappa shape index (κ2) is 6.88. The standard InChI is InChI=1S/C19H17ClN2O4/c20-14-3-1-12(2-4-14)9-22-10-13(7-18(22)23)19(24)21-15-5-6-16-17(8-15)26-11-25-16/h1-6,8,13H,7,9-11H2,(H,21,24). The summed E-state index contributed by atoms with van der Waals surface area (Å²) < 4.78 is 10.6. The first-order valence-electron chi connectivity index (χ1n) is 8.31. The third-order valence-corrected chi connectivity index (χ3v) is 4.76. The Kier molecular flexibility index (Phi) is 4.42. The predicted molar refractivity (Wildman–Crippen MR) is 96.2 cm³/mol. The first-order valence-corrected chi connectivity index (χ1v) is 8.69. The highest BCUT2D eigenvalue weighted by Crippen LogP contribution is 2.34. The minimum Gasteiger partial charge on any atom is -0.454 e. The number of nitrogens with zero attached hydrogens (tertiary/aromatic N) is 1. The van der Waals surface area contributed by atoms with Gasteiger partial charge in [-0.25, -0.2) is 0 Å². The van der Waals surface area contributed by atoms with Crippen LogP contribution in [0.5, 0.6) is 11.5 Å². The van der Waals surface area contributed by atoms with Crippen LogP contribution in [0.1, 0.15) is 12.0 Å². The summed E-state index contributed by atoms with van der Waals surface area (Å²) in [4.78, 5) is 26.5. The van der Waals surface area contributed by atoms with E-state index < -0.39 is 0 Å². The van der Waals surface area contributed by atoms with Crippen LogP contribution in [0.2, 0.25) is 5.02 Å². The summed E-state index contributed by atoms with van der Waals surface area (Å²) in [6.07, 6.45) is 0.212. The first-order chi connectivity index (χ1) is 12.6. The summed E-state index contributed by atoms with van der Waals surface area (Å²) in [5.74, 6) is 0.699. The van der Waals surface area contributed by atoms with Gasteiger partial charge in [0.1, 0.15) is 0 Å². The summed E-state index contributed by atoms with van der Waals surface area (Å²) in [6.45, 7) is 1.06. The van der Waals surface area contributed by atoms with Crippen molar-refractivity contribution in [3.05, 3.63) is 53.1 Å². The van der Waals surface area contributed by atoms with Crippen molar-refractivity contribution >= 4 is 29.1 Å². The zero-order valence-electron chi connectivity index (χ0n) is 13.9. The van der Waals surface area contributed by atoms with Gasteiger partial charge in [-0.1, -0.05) is 23.7 Å². The minimum absolute atomic E-state index is 0.0224. The summed E-state index contributed by atoms with van der Waals surface area (Å²) in [7, 11) is 0. The molecule has 2 aliphatic heterocycles. The van der Waals surface area contributed by atoms with Crippen LogP contribution in [0, 0.1) is 5.92 Å². The predicted octanol–water partition coefficient (Wildman–Crippen LogP) is 3.06. The maximum Gasteiger partial charge on any atom is 0.231 e. The molecular weight excluding hydrogens is 356 g/mol. The molecule has 2 aliphatic rings. The number of hydrogen-bond acceptors (Lipinski definition) is 4. The van der Waals surface area contributed by atoms with E-state index >= 15 is 0 Å². The van der Waals surface area contributed by atoms with Crippen molar-refractivity contribution < 1.29 is 19.1 Å². The Morgan fingerprint density at radius 1 is 1.15 bits per heavy atom. The maximum absolute atomic E-state index is 12.5. The Bertz CT molecular complexity index is 853. The average Bonchev–Trinajstić information content (AvgIpc) is 3.23. The molecule has 2 aromatic carbocycles. The van der Waals surface area contributed by atoms with Crippen LogP contribution < -0.4 is 14.8 Å². The highest BCUT2D eigenvalue weighted by Gasteiger charge is 2.34. The number of hydrogen-bond donors (Lipinski definition) is 1. The van der Waals surface area contributed by atoms with Crippen LogP contribution in [-0.4, -0.2) is 30.1 Å². The molecule has 0 saturated carbocycles. The zero-order valence-corrected chi connectivity index (χ0v) is 14.7. The number of nitrogens with one attached hydrogen (secondary N) is 1. The van der Waals surface area contributed by atoms with Crippen LogP contribution >= 0.6 is 11.6 Å². The van der Waals surface area contributed by atoms with E-state index in [1.54, 1.807) is 35.2 Å². The minimum atomic E-state index is -0.375. The third-order valence-electron chi connectivity index (χ3n) is 4.51. The molecule has 26 heavy (non-hydrogen) atoms. The van der Waals surface area contributed by atoms with Crippen molar-refractivity contribution in [2.45, 2.75) is 13.0 Å². The summed E-state index contributed by atoms with van der Waals surface area (Å²) >= 11 is 5.88. The molecule has 1 saturated heterocycles. The van der Waals surface area contributed by atoms with Gasteiger partial charge in [-0.2, -0.15) is 0 Å². The Hall–Kier alpha value is -2.73. The van der Waals surface area contributed by atoms with Gasteiger partial charge in [0.2, 0.25) is 18.6 Å². The van der Waals surface area contributed by atoms with Crippen molar-refractivity contribution in [3.8, 4) is 11.5 Å². The van der Waals surface area contributed by atoms with Crippen LogP contribution in [0.4, 0.5) is 5.69 Å². The lowest BCUT2D eigenvalue weighted by Crippen LogP contribution is -2.28. The lowest BCUT2D eigenvalue weighted by atomic mass is 10.1. The average molecular weight is 373 g/mol. The molecule has 4 rings (SSSR count). The maximum atomic E-state index is 12.5. The SMILES string of the molecule is O=C(Nc1ccc2c(c1)OCO2)C1CC(=O)N(Cc2ccc(Cl)cc2)C1. The monoisotopic (exact) mass is 372 g/mol. The largest absolute Gasteiger partial charge is 0.454 e. The topological polar surface area (TPSA) is 67.9 Å². The number of ether oxygens (including phenoxy) is 2. The quantitative estimate of drug-likeness (QED) is 0.895. The van der Waals surface area contributed by atoms with Gasteiger partial charge in [0.25, 0.3) is 0 Å². The molecule has 1 fully saturated rings. The molecule has 0 spiro atoms. The fourth-order valence-electron chi connectivity index (χ4n) is 3.13. The van der Waals surface area contributed by atoms with Gasteiger partial charge in [-0.3, -0.25) is 9.59 Å². The van der Waals surface area contributed by atoms with E-state index in [1.165, 1.54) is 0 Å². The van der Waals surface area contributed by atoms with E-state index in [0.717, 1.165) is 5.56 Å². The third kappa shape index (κ3) is 3.46. The van der Waals surface area contributed by atoms with Crippen LogP contribution in [0.25, 0.3) is 0 Å². The van der Waals surface area contributed by atoms with Gasteiger partial charge in [0.15, 0.2) is 11.5 Å². The Balaban J connectivity index is 1.38. The van der Waals surface area contributed by atoms with Gasteiger partial charge in [0, 0.05) is 36.3 Å². The Morgan fingerprint density at radius 2 is 1.92 bits per heavy atom. The summed E-state index contributed by atoms with van der Waals surface area (Å²) in [6, 6.07) is 12.6. The normalized spacial score (nSPS) is 18.3. The number of benzene rings is 2. The van der Waals surface area contributed by atoms with Gasteiger partial charge in [0.05, 0.1) is 5.92 Å². The second-order valence-corrected chi connectivity index (χ2v) is 6.80. The van der Waals surface area contributed by atoms with Crippen molar-refractivity contribution in [2.24, 2.45) is 5.92 Å². The molecule has 1 atom stereocenters. The van der Waals surface area contributed by atoms with Crippen LogP contribution in [0.3, 0.4) is 0 Å². The highest BCUT2D eigenvalue weighted by molar-refractivity contribution is 6.30. The van der Waals surface area contributed by atoms with Gasteiger partial charge >= 0.3 is 0 Å². The molecule has 1 unspecified atom stereocenters. The van der Waals surface area contributed by atoms with Gasteiger partial charge in [-0.05, 0) is 29.8 Å². The molecule has 0 aliphatic carbocycles. The molecule has 2 aromatic rings. The van der Waals surface area contributed by atoms with Crippen LogP contribution in [0.15, 0.2) is 42.5 Å². The molecule has 2 heterocycles. The number of fused-ring (bicyclic) bond motifs is 1. The molecule has 7 heteroatoms. The van der Waals surface area contributed by atoms with E-state index in [2.05, 4.69) is 5.32 Å². The molecule has 0 radical (unpaired) electrons. The van der Waals surface area contributed by atoms with Gasteiger partial charge < -0.3 is 19.7 Å². The summed E-state index contributed by atoms with van der Waals surface area (Å²) in [5, 5.41) is 3.51.